The molecule has 5 nitrogen and oxygen atoms in total. The van der Waals surface area contributed by atoms with Crippen LogP contribution in [0.2, 0.25) is 0 Å². The molecule has 2 unspecified atom stereocenters. The number of carbonyl (C=O) groups is 1. The number of rotatable bonds is 4. The van der Waals surface area contributed by atoms with Gasteiger partial charge in [-0.3, -0.25) is 4.79 Å². The maximum absolute atomic E-state index is 13.8. The second-order valence-corrected chi connectivity index (χ2v) is 9.85. The summed E-state index contributed by atoms with van der Waals surface area (Å²) in [5.41, 5.74) is 3.11. The Labute approximate surface area is 178 Å². The van der Waals surface area contributed by atoms with Gasteiger partial charge in [-0.25, -0.2) is 4.21 Å². The van der Waals surface area contributed by atoms with Crippen LogP contribution in [0.25, 0.3) is 0 Å². The lowest BCUT2D eigenvalue weighted by molar-refractivity contribution is -0.267. The average molecular weight is 450 g/mol. The third-order valence-corrected chi connectivity index (χ3v) is 7.29. The summed E-state index contributed by atoms with van der Waals surface area (Å²) < 4.78 is 57.6. The fraction of sp³-hybridized carbons (Fsp3) is 0.318. The number of nitrogens with two attached hydrogens (primary N) is 1. The molecule has 3 rings (SSSR count). The molecular weight excluding hydrogens is 429 g/mol. The van der Waals surface area contributed by atoms with Crippen molar-refractivity contribution >= 4 is 15.6 Å². The van der Waals surface area contributed by atoms with E-state index < -0.39 is 51.2 Å². The second kappa shape index (κ2) is 8.83. The Hall–Kier alpha value is -2.67. The summed E-state index contributed by atoms with van der Waals surface area (Å²) >= 11 is 0. The van der Waals surface area contributed by atoms with E-state index >= 15 is 0 Å². The fourth-order valence-electron chi connectivity index (χ4n) is 3.11. The van der Waals surface area contributed by atoms with Gasteiger partial charge in [0.25, 0.3) is 5.91 Å². The van der Waals surface area contributed by atoms with Crippen LogP contribution in [0.5, 0.6) is 0 Å². The molecule has 0 fully saturated rings. The second-order valence-electron chi connectivity index (χ2n) is 7.31. The molecule has 31 heavy (non-hydrogen) atoms. The van der Waals surface area contributed by atoms with Crippen molar-refractivity contribution in [3.8, 4) is 11.8 Å². The zero-order chi connectivity index (χ0) is 22.7. The lowest BCUT2D eigenvalue weighted by Gasteiger charge is -2.32. The van der Waals surface area contributed by atoms with Gasteiger partial charge >= 0.3 is 6.18 Å². The standard InChI is InChI=1S/C22H21F3N2O3S/c23-22(24,25)21(29,13-15-31(30)14-12-19(26)20(28)27-31)18-10-8-17(9-11-18)7-6-16-4-2-1-3-5-16/h1-5,8-11,19,29H,12-15,26H2/t19-,21?,31?/m0/s1. The molecule has 2 aromatic rings. The quantitative estimate of drug-likeness (QED) is 0.701. The van der Waals surface area contributed by atoms with Crippen molar-refractivity contribution in [3.05, 3.63) is 71.3 Å². The number of amides is 1. The maximum atomic E-state index is 13.8. The molecule has 0 aliphatic carbocycles. The molecule has 0 saturated carbocycles. The third-order valence-electron chi connectivity index (χ3n) is 5.06. The Balaban J connectivity index is 1.84. The number of hydrogen-bond donors (Lipinski definition) is 2. The van der Waals surface area contributed by atoms with E-state index in [1.54, 1.807) is 12.1 Å². The largest absolute Gasteiger partial charge is 0.421 e. The summed E-state index contributed by atoms with van der Waals surface area (Å²) in [6, 6.07) is 13.3. The van der Waals surface area contributed by atoms with E-state index in [1.807, 2.05) is 18.2 Å². The maximum Gasteiger partial charge on any atom is 0.421 e. The molecule has 0 radical (unpaired) electrons. The van der Waals surface area contributed by atoms with E-state index in [9.17, 15) is 27.3 Å². The van der Waals surface area contributed by atoms with E-state index in [-0.39, 0.29) is 12.2 Å². The minimum Gasteiger partial charge on any atom is -0.376 e. The summed E-state index contributed by atoms with van der Waals surface area (Å²) in [5, 5.41) is 10.5. The lowest BCUT2D eigenvalue weighted by Crippen LogP contribution is -2.44. The SMILES string of the molecule is N[C@H]1CCS(=O)(CCC(O)(c2ccc(C#Cc3ccccc3)cc2)C(F)(F)F)=NC1=O. The molecule has 0 saturated heterocycles. The highest BCUT2D eigenvalue weighted by molar-refractivity contribution is 7.93. The van der Waals surface area contributed by atoms with E-state index in [0.29, 0.717) is 5.56 Å². The van der Waals surface area contributed by atoms with Crippen molar-refractivity contribution < 1.29 is 27.3 Å². The number of hydrogen-bond acceptors (Lipinski definition) is 4. The highest BCUT2D eigenvalue weighted by atomic mass is 32.2. The molecule has 0 spiro atoms. The highest BCUT2D eigenvalue weighted by Crippen LogP contribution is 2.42. The van der Waals surface area contributed by atoms with Gasteiger partial charge in [0.2, 0.25) is 0 Å². The van der Waals surface area contributed by atoms with Crippen LogP contribution in [-0.2, 0) is 20.1 Å². The Morgan fingerprint density at radius 2 is 1.65 bits per heavy atom. The van der Waals surface area contributed by atoms with Gasteiger partial charge in [-0.1, -0.05) is 42.2 Å². The van der Waals surface area contributed by atoms with Crippen LogP contribution in [0.15, 0.2) is 59.0 Å². The number of halogens is 3. The predicted molar refractivity (Wildman–Crippen MR) is 111 cm³/mol. The molecule has 164 valence electrons. The van der Waals surface area contributed by atoms with Crippen LogP contribution in [0.4, 0.5) is 13.2 Å². The zero-order valence-electron chi connectivity index (χ0n) is 16.4. The smallest absolute Gasteiger partial charge is 0.376 e. The monoisotopic (exact) mass is 450 g/mol. The Morgan fingerprint density at radius 1 is 1.06 bits per heavy atom. The average Bonchev–Trinajstić information content (AvgIpc) is 2.74. The van der Waals surface area contributed by atoms with Gasteiger partial charge in [-0.15, -0.1) is 0 Å². The van der Waals surface area contributed by atoms with E-state index in [4.69, 9.17) is 5.73 Å². The molecule has 2 aromatic carbocycles. The van der Waals surface area contributed by atoms with Crippen molar-refractivity contribution in [1.29, 1.82) is 0 Å². The lowest BCUT2D eigenvalue weighted by atomic mass is 9.90. The molecular formula is C22H21F3N2O3S. The van der Waals surface area contributed by atoms with Crippen molar-refractivity contribution in [2.75, 3.05) is 11.5 Å². The van der Waals surface area contributed by atoms with Gasteiger partial charge in [0, 0.05) is 29.1 Å². The first-order valence-corrected chi connectivity index (χ1v) is 11.4. The van der Waals surface area contributed by atoms with Crippen LogP contribution in [0, 0.1) is 11.8 Å². The van der Waals surface area contributed by atoms with Gasteiger partial charge in [0.05, 0.1) is 15.8 Å². The van der Waals surface area contributed by atoms with Gasteiger partial charge in [0.15, 0.2) is 5.60 Å². The number of aliphatic hydroxyl groups is 1. The molecule has 9 heteroatoms. The van der Waals surface area contributed by atoms with E-state index in [1.165, 1.54) is 12.1 Å². The van der Waals surface area contributed by atoms with Crippen molar-refractivity contribution in [3.63, 3.8) is 0 Å². The predicted octanol–water partition coefficient (Wildman–Crippen LogP) is 2.95. The number of nitrogens with zero attached hydrogens (tertiary/aromatic N) is 1. The fourth-order valence-corrected chi connectivity index (χ4v) is 5.20. The minimum atomic E-state index is -5.02. The summed E-state index contributed by atoms with van der Waals surface area (Å²) in [5.74, 6) is 4.32. The molecule has 0 bridgehead atoms. The first kappa shape index (κ1) is 23.0. The number of benzene rings is 2. The first-order valence-electron chi connectivity index (χ1n) is 9.51. The Kier molecular flexibility index (Phi) is 6.55. The van der Waals surface area contributed by atoms with Crippen molar-refractivity contribution in [1.82, 2.24) is 0 Å². The van der Waals surface area contributed by atoms with Crippen LogP contribution in [0.3, 0.4) is 0 Å². The summed E-state index contributed by atoms with van der Waals surface area (Å²) in [4.78, 5) is 11.6. The molecule has 0 aromatic heterocycles. The van der Waals surface area contributed by atoms with Crippen LogP contribution >= 0.6 is 0 Å². The summed E-state index contributed by atoms with van der Waals surface area (Å²) in [6.07, 6.45) is -5.83. The van der Waals surface area contributed by atoms with E-state index in [2.05, 4.69) is 16.2 Å². The topological polar surface area (TPSA) is 92.8 Å². The van der Waals surface area contributed by atoms with Gasteiger partial charge in [0.1, 0.15) is 0 Å². The zero-order valence-corrected chi connectivity index (χ0v) is 17.2. The van der Waals surface area contributed by atoms with Crippen molar-refractivity contribution in [2.24, 2.45) is 10.1 Å². The summed E-state index contributed by atoms with van der Waals surface area (Å²) in [7, 11) is -3.21. The molecule has 1 heterocycles. The van der Waals surface area contributed by atoms with Crippen LogP contribution < -0.4 is 5.73 Å². The molecule has 1 aliphatic heterocycles. The Bertz CT molecular complexity index is 1130. The van der Waals surface area contributed by atoms with Gasteiger partial charge in [-0.2, -0.15) is 17.5 Å². The summed E-state index contributed by atoms with van der Waals surface area (Å²) in [6.45, 7) is 0. The first-order chi connectivity index (χ1) is 14.5. The third kappa shape index (κ3) is 5.34. The normalized spacial score (nSPS) is 23.3. The molecule has 3 atom stereocenters. The molecule has 3 N–H and O–H groups in total. The van der Waals surface area contributed by atoms with Crippen molar-refractivity contribution in [2.45, 2.75) is 30.7 Å². The highest BCUT2D eigenvalue weighted by Gasteiger charge is 2.55. The number of carbonyl (C=O) groups excluding carboxylic acids is 1. The minimum absolute atomic E-state index is 0.0815. The van der Waals surface area contributed by atoms with Gasteiger partial charge in [-0.05, 0) is 36.2 Å². The number of alkyl halides is 3. The van der Waals surface area contributed by atoms with E-state index in [0.717, 1.165) is 17.7 Å². The van der Waals surface area contributed by atoms with Gasteiger partial charge < -0.3 is 10.8 Å². The Morgan fingerprint density at radius 3 is 2.19 bits per heavy atom. The van der Waals surface area contributed by atoms with Crippen LogP contribution in [0.1, 0.15) is 29.5 Å². The van der Waals surface area contributed by atoms with Crippen LogP contribution in [-0.4, -0.2) is 38.9 Å². The molecule has 1 amide bonds. The molecule has 1 aliphatic rings.